The Kier molecular flexibility index (Phi) is 8.73. The van der Waals surface area contributed by atoms with Gasteiger partial charge in [-0.05, 0) is 69.0 Å². The molecule has 0 radical (unpaired) electrons. The van der Waals surface area contributed by atoms with Crippen LogP contribution < -0.4 is 10.6 Å². The molecule has 3 aliphatic rings. The Hall–Kier alpha value is -3.61. The number of nitrogens with one attached hydrogen (secondary N) is 2. The molecule has 232 valence electrons. The van der Waals surface area contributed by atoms with Crippen molar-refractivity contribution in [2.75, 3.05) is 18.4 Å². The number of rotatable bonds is 7. The number of amides is 1. The summed E-state index contributed by atoms with van der Waals surface area (Å²) in [5.74, 6) is -1.26. The summed E-state index contributed by atoms with van der Waals surface area (Å²) in [6.07, 6.45) is 0.0288. The Balaban J connectivity index is 0.000000181. The normalized spacial score (nSPS) is 22.2. The lowest BCUT2D eigenvalue weighted by Gasteiger charge is -2.37. The largest absolute Gasteiger partial charge is 0.438 e. The van der Waals surface area contributed by atoms with E-state index in [1.54, 1.807) is 6.20 Å². The topological polar surface area (TPSA) is 94.0 Å². The average molecular weight is 607 g/mol. The fourth-order valence-electron chi connectivity index (χ4n) is 6.05. The number of aromatic nitrogens is 4. The summed E-state index contributed by atoms with van der Waals surface area (Å²) in [7, 11) is 0. The monoisotopic (exact) mass is 606 g/mol. The number of hydrogen-bond acceptors (Lipinski definition) is 6. The number of cyclic esters (lactones) is 1. The molecular weight excluding hydrogens is 571 g/mol. The maximum Gasteiger partial charge on any atom is 0.413 e. The molecule has 6 rings (SSSR count). The molecule has 3 aromatic rings. The van der Waals surface area contributed by atoms with Crippen molar-refractivity contribution in [3.8, 4) is 0 Å². The van der Waals surface area contributed by atoms with E-state index in [9.17, 15) is 26.7 Å². The van der Waals surface area contributed by atoms with Crippen molar-refractivity contribution in [1.82, 2.24) is 25.1 Å². The van der Waals surface area contributed by atoms with Crippen LogP contribution in [-0.2, 0) is 28.7 Å². The highest BCUT2D eigenvalue weighted by atomic mass is 19.4. The van der Waals surface area contributed by atoms with E-state index in [0.29, 0.717) is 30.9 Å². The summed E-state index contributed by atoms with van der Waals surface area (Å²) in [6, 6.07) is 7.79. The van der Waals surface area contributed by atoms with Gasteiger partial charge < -0.3 is 14.6 Å². The molecule has 4 heterocycles. The number of benzene rings is 1. The van der Waals surface area contributed by atoms with Gasteiger partial charge in [0, 0.05) is 37.1 Å². The van der Waals surface area contributed by atoms with Crippen LogP contribution in [0, 0.1) is 11.6 Å². The fourth-order valence-corrected chi connectivity index (χ4v) is 6.05. The molecule has 2 aliphatic heterocycles. The predicted octanol–water partition coefficient (Wildman–Crippen LogP) is 6.52. The number of ether oxygens (including phenoxy) is 1. The molecule has 8 nitrogen and oxygen atoms in total. The molecule has 0 spiro atoms. The zero-order chi connectivity index (χ0) is 30.8. The highest BCUT2D eigenvalue weighted by molar-refractivity contribution is 5.87. The van der Waals surface area contributed by atoms with Crippen LogP contribution >= 0.6 is 0 Å². The minimum atomic E-state index is -4.39. The number of alkyl halides is 3. The van der Waals surface area contributed by atoms with E-state index in [1.807, 2.05) is 19.1 Å². The van der Waals surface area contributed by atoms with Gasteiger partial charge in [0.25, 0.3) is 0 Å². The molecule has 43 heavy (non-hydrogen) atoms. The van der Waals surface area contributed by atoms with E-state index >= 15 is 0 Å². The number of carbonyl (C=O) groups is 1. The molecule has 2 N–H and O–H groups in total. The molecule has 2 unspecified atom stereocenters. The third-order valence-corrected chi connectivity index (χ3v) is 8.66. The van der Waals surface area contributed by atoms with Crippen LogP contribution in [0.1, 0.15) is 81.1 Å². The van der Waals surface area contributed by atoms with Crippen LogP contribution in [-0.4, -0.2) is 45.1 Å². The van der Waals surface area contributed by atoms with E-state index in [-0.39, 0.29) is 30.8 Å². The van der Waals surface area contributed by atoms with Crippen molar-refractivity contribution >= 4 is 11.9 Å². The average Bonchev–Trinajstić information content (AvgIpc) is 3.75. The minimum absolute atomic E-state index is 0.00632. The van der Waals surface area contributed by atoms with Crippen LogP contribution in [0.4, 0.5) is 32.6 Å². The molecular formula is C30H35F5N6O2. The Morgan fingerprint density at radius 2 is 1.93 bits per heavy atom. The SMILES string of the molecule is CCNCCC1(CC)OC(=O)Nc2ncccc21.Fc1cccc(C2CCCc3nnc(C4(C(F)(F)F)CC4)n3C2)c1F. The van der Waals surface area contributed by atoms with Gasteiger partial charge in [-0.3, -0.25) is 5.32 Å². The molecule has 1 fully saturated rings. The van der Waals surface area contributed by atoms with Crippen LogP contribution in [0.3, 0.4) is 0 Å². The molecule has 2 aromatic heterocycles. The van der Waals surface area contributed by atoms with Gasteiger partial charge in [0.2, 0.25) is 0 Å². The summed E-state index contributed by atoms with van der Waals surface area (Å²) in [5, 5.41) is 13.7. The van der Waals surface area contributed by atoms with E-state index in [1.165, 1.54) is 16.7 Å². The highest BCUT2D eigenvalue weighted by Crippen LogP contribution is 2.58. The number of hydrogen-bond donors (Lipinski definition) is 2. The number of aryl methyl sites for hydroxylation is 1. The number of nitrogens with zero attached hydrogens (tertiary/aromatic N) is 4. The molecule has 0 saturated heterocycles. The van der Waals surface area contributed by atoms with Gasteiger partial charge >= 0.3 is 12.3 Å². The van der Waals surface area contributed by atoms with Crippen molar-refractivity contribution in [2.24, 2.45) is 0 Å². The van der Waals surface area contributed by atoms with Crippen molar-refractivity contribution < 1.29 is 31.5 Å². The molecule has 1 saturated carbocycles. The van der Waals surface area contributed by atoms with Gasteiger partial charge in [0.1, 0.15) is 28.5 Å². The first-order valence-electron chi connectivity index (χ1n) is 14.6. The van der Waals surface area contributed by atoms with Gasteiger partial charge in [-0.25, -0.2) is 18.6 Å². The Morgan fingerprint density at radius 3 is 2.63 bits per heavy atom. The van der Waals surface area contributed by atoms with Crippen LogP contribution in [0.25, 0.3) is 0 Å². The molecule has 0 bridgehead atoms. The summed E-state index contributed by atoms with van der Waals surface area (Å²) in [4.78, 5) is 15.8. The number of fused-ring (bicyclic) bond motifs is 2. The van der Waals surface area contributed by atoms with E-state index < -0.39 is 40.8 Å². The van der Waals surface area contributed by atoms with Crippen LogP contribution in [0.15, 0.2) is 36.5 Å². The summed E-state index contributed by atoms with van der Waals surface area (Å²) in [6.45, 7) is 5.94. The number of pyridine rings is 1. The second kappa shape index (κ2) is 12.2. The Bertz CT molecular complexity index is 1460. The van der Waals surface area contributed by atoms with Gasteiger partial charge in [0.05, 0.1) is 0 Å². The molecule has 1 amide bonds. The van der Waals surface area contributed by atoms with Crippen molar-refractivity contribution in [3.05, 3.63) is 70.9 Å². The lowest BCUT2D eigenvalue weighted by atomic mass is 9.87. The number of carbonyl (C=O) groups excluding carboxylic acids is 1. The van der Waals surface area contributed by atoms with Gasteiger partial charge in [-0.2, -0.15) is 13.2 Å². The summed E-state index contributed by atoms with van der Waals surface area (Å²) >= 11 is 0. The maximum atomic E-state index is 14.2. The van der Waals surface area contributed by atoms with Gasteiger partial charge in [-0.15, -0.1) is 10.2 Å². The third-order valence-electron chi connectivity index (χ3n) is 8.66. The lowest BCUT2D eigenvalue weighted by Crippen LogP contribution is -2.41. The van der Waals surface area contributed by atoms with E-state index in [0.717, 1.165) is 37.6 Å². The van der Waals surface area contributed by atoms with Crippen molar-refractivity contribution in [3.63, 3.8) is 0 Å². The number of anilines is 1. The zero-order valence-corrected chi connectivity index (χ0v) is 24.1. The second-order valence-corrected chi connectivity index (χ2v) is 11.2. The predicted molar refractivity (Wildman–Crippen MR) is 148 cm³/mol. The van der Waals surface area contributed by atoms with E-state index in [4.69, 9.17) is 4.74 Å². The molecule has 1 aliphatic carbocycles. The van der Waals surface area contributed by atoms with E-state index in [2.05, 4.69) is 32.7 Å². The lowest BCUT2D eigenvalue weighted by molar-refractivity contribution is -0.163. The number of halogens is 5. The zero-order valence-electron chi connectivity index (χ0n) is 24.1. The molecule has 1 aromatic carbocycles. The minimum Gasteiger partial charge on any atom is -0.438 e. The summed E-state index contributed by atoms with van der Waals surface area (Å²) < 4.78 is 75.2. The fraction of sp³-hybridized carbons (Fsp3) is 0.533. The first-order chi connectivity index (χ1) is 20.5. The standard InChI is InChI=1S/C17H16F5N3.C13H19N3O2/c18-12-5-2-4-11(14(12)19)10-3-1-6-13-23-24-15(25(13)9-10)16(7-8-16)17(20,21)22;1-3-13(7-9-14-4-2)10-6-5-8-15-11(10)16-12(17)18-13/h2,4-5,10H,1,3,6-9H2;5-6,8,14H,3-4,7,9H2,1-2H3,(H,15,16,17). The smallest absolute Gasteiger partial charge is 0.413 e. The highest BCUT2D eigenvalue weighted by Gasteiger charge is 2.67. The second-order valence-electron chi connectivity index (χ2n) is 11.2. The van der Waals surface area contributed by atoms with Gasteiger partial charge in [-0.1, -0.05) is 26.0 Å². The van der Waals surface area contributed by atoms with Crippen LogP contribution in [0.5, 0.6) is 0 Å². The maximum absolute atomic E-state index is 14.2. The first-order valence-corrected chi connectivity index (χ1v) is 14.6. The third kappa shape index (κ3) is 5.96. The molecule has 13 heteroatoms. The Labute approximate surface area is 246 Å². The van der Waals surface area contributed by atoms with Gasteiger partial charge in [0.15, 0.2) is 11.6 Å². The first kappa shape index (κ1) is 30.8. The van der Waals surface area contributed by atoms with Crippen LogP contribution in [0.2, 0.25) is 0 Å². The molecule has 2 atom stereocenters. The van der Waals surface area contributed by atoms with Crippen molar-refractivity contribution in [2.45, 2.75) is 88.4 Å². The Morgan fingerprint density at radius 1 is 1.14 bits per heavy atom. The summed E-state index contributed by atoms with van der Waals surface area (Å²) in [5.41, 5.74) is -1.34. The van der Waals surface area contributed by atoms with Crippen molar-refractivity contribution in [1.29, 1.82) is 0 Å². The quantitative estimate of drug-likeness (QED) is 0.235.